The average Bonchev–Trinajstić information content (AvgIpc) is 3.20. The Labute approximate surface area is 158 Å². The molecule has 0 amide bonds. The number of hydrogen-bond acceptors (Lipinski definition) is 5. The largest absolute Gasteiger partial charge is 0.511 e. The van der Waals surface area contributed by atoms with Gasteiger partial charge in [-0.3, -0.25) is 4.40 Å². The minimum absolute atomic E-state index is 0.0766. The second kappa shape index (κ2) is 6.78. The van der Waals surface area contributed by atoms with Crippen molar-refractivity contribution in [1.82, 2.24) is 18.7 Å². The molecule has 0 bridgehead atoms. The molecule has 0 atom stereocenters. The van der Waals surface area contributed by atoms with Gasteiger partial charge in [0.25, 0.3) is 0 Å². The number of sulfonamides is 1. The topological polar surface area (TPSA) is 67.6 Å². The zero-order chi connectivity index (χ0) is 19.2. The van der Waals surface area contributed by atoms with Gasteiger partial charge >= 0.3 is 15.5 Å². The van der Waals surface area contributed by atoms with Gasteiger partial charge in [-0.05, 0) is 43.1 Å². The Bertz CT molecular complexity index is 1040. The first-order valence-electron chi connectivity index (χ1n) is 8.52. The van der Waals surface area contributed by atoms with E-state index in [2.05, 4.69) is 9.97 Å². The maximum absolute atomic E-state index is 12.6. The molecule has 0 unspecified atom stereocenters. The quantitative estimate of drug-likeness (QED) is 0.595. The van der Waals surface area contributed by atoms with E-state index in [0.29, 0.717) is 17.1 Å². The Hall–Kier alpha value is -1.59. The number of alkyl halides is 3. The van der Waals surface area contributed by atoms with Gasteiger partial charge in [-0.1, -0.05) is 6.07 Å². The van der Waals surface area contributed by atoms with Crippen LogP contribution in [0.4, 0.5) is 13.2 Å². The summed E-state index contributed by atoms with van der Waals surface area (Å²) in [5.74, 6) is 0.989. The lowest BCUT2D eigenvalue weighted by atomic mass is 9.96. The fourth-order valence-corrected chi connectivity index (χ4v) is 5.51. The highest BCUT2D eigenvalue weighted by Gasteiger charge is 2.50. The van der Waals surface area contributed by atoms with Crippen molar-refractivity contribution < 1.29 is 21.6 Å². The Balaban J connectivity index is 1.32. The number of rotatable bonds is 5. The molecule has 1 aliphatic rings. The van der Waals surface area contributed by atoms with Crippen molar-refractivity contribution in [2.75, 3.05) is 18.8 Å². The molecule has 27 heavy (non-hydrogen) atoms. The molecule has 0 saturated carbocycles. The molecule has 1 fully saturated rings. The van der Waals surface area contributed by atoms with E-state index in [1.165, 1.54) is 0 Å². The number of imidazole rings is 2. The van der Waals surface area contributed by atoms with Crippen molar-refractivity contribution in [3.05, 3.63) is 24.4 Å². The molecule has 4 rings (SSSR count). The SMILES string of the molecule is O=S(=O)(N1CCC(CCSc2nc3cccc4ncc2n43)CC1)C(F)(F)F. The number of thioether (sulfide) groups is 1. The van der Waals surface area contributed by atoms with E-state index in [1.807, 2.05) is 22.6 Å². The lowest BCUT2D eigenvalue weighted by molar-refractivity contribution is -0.0496. The summed E-state index contributed by atoms with van der Waals surface area (Å²) in [5.41, 5.74) is -2.58. The monoisotopic (exact) mass is 418 g/mol. The van der Waals surface area contributed by atoms with Crippen molar-refractivity contribution in [3.8, 4) is 0 Å². The maximum Gasteiger partial charge on any atom is 0.511 e. The van der Waals surface area contributed by atoms with E-state index in [-0.39, 0.29) is 19.0 Å². The standard InChI is InChI=1S/C16H17F3N4O2S2/c17-16(18,19)27(24,25)22-7-4-11(5-8-22)6-9-26-15-12-10-20-13-2-1-3-14(21-15)23(12)13/h1-3,10-11H,4-9H2. The van der Waals surface area contributed by atoms with E-state index in [4.69, 9.17) is 0 Å². The number of nitrogens with zero attached hydrogens (tertiary/aromatic N) is 4. The lowest BCUT2D eigenvalue weighted by Gasteiger charge is -2.31. The van der Waals surface area contributed by atoms with Gasteiger partial charge < -0.3 is 0 Å². The van der Waals surface area contributed by atoms with Crippen LogP contribution in [0.25, 0.3) is 16.8 Å². The van der Waals surface area contributed by atoms with Gasteiger partial charge in [0.2, 0.25) is 0 Å². The van der Waals surface area contributed by atoms with Crippen LogP contribution in [0.3, 0.4) is 0 Å². The predicted molar refractivity (Wildman–Crippen MR) is 96.3 cm³/mol. The summed E-state index contributed by atoms with van der Waals surface area (Å²) in [7, 11) is -5.20. The van der Waals surface area contributed by atoms with Crippen molar-refractivity contribution >= 4 is 38.6 Å². The number of halogens is 3. The molecule has 3 aromatic rings. The number of piperidine rings is 1. The Morgan fingerprint density at radius 3 is 2.59 bits per heavy atom. The summed E-state index contributed by atoms with van der Waals surface area (Å²) in [6.45, 7) is -0.153. The molecule has 0 spiro atoms. The first-order valence-corrected chi connectivity index (χ1v) is 10.9. The van der Waals surface area contributed by atoms with E-state index in [0.717, 1.165) is 34.0 Å². The molecule has 6 nitrogen and oxygen atoms in total. The van der Waals surface area contributed by atoms with Crippen molar-refractivity contribution in [1.29, 1.82) is 0 Å². The molecule has 4 heterocycles. The van der Waals surface area contributed by atoms with Gasteiger partial charge in [0.15, 0.2) is 0 Å². The molecule has 0 radical (unpaired) electrons. The normalized spacial score (nSPS) is 18.0. The molecular formula is C16H17F3N4O2S2. The van der Waals surface area contributed by atoms with Gasteiger partial charge in [-0.2, -0.15) is 17.5 Å². The van der Waals surface area contributed by atoms with Gasteiger partial charge in [0.05, 0.1) is 11.7 Å². The third-order valence-corrected chi connectivity index (χ3v) is 7.56. The zero-order valence-corrected chi connectivity index (χ0v) is 15.8. The van der Waals surface area contributed by atoms with Gasteiger partial charge in [0.1, 0.15) is 16.3 Å². The first-order chi connectivity index (χ1) is 12.8. The number of pyridine rings is 1. The minimum Gasteiger partial charge on any atom is -0.275 e. The van der Waals surface area contributed by atoms with Crippen LogP contribution >= 0.6 is 11.8 Å². The highest BCUT2D eigenvalue weighted by molar-refractivity contribution is 7.99. The summed E-state index contributed by atoms with van der Waals surface area (Å²) in [6, 6.07) is 5.74. The second-order valence-electron chi connectivity index (χ2n) is 6.57. The summed E-state index contributed by atoms with van der Waals surface area (Å²) in [6.07, 6.45) is 3.49. The first kappa shape index (κ1) is 18.8. The maximum atomic E-state index is 12.6. The molecule has 1 aliphatic heterocycles. The Morgan fingerprint density at radius 1 is 1.19 bits per heavy atom. The van der Waals surface area contributed by atoms with Crippen LogP contribution in [0, 0.1) is 5.92 Å². The number of hydrogen-bond donors (Lipinski definition) is 0. The summed E-state index contributed by atoms with van der Waals surface area (Å²) >= 11 is 1.60. The van der Waals surface area contributed by atoms with Gasteiger partial charge in [-0.15, -0.1) is 11.8 Å². The molecule has 0 N–H and O–H groups in total. The van der Waals surface area contributed by atoms with Crippen LogP contribution < -0.4 is 0 Å². The van der Waals surface area contributed by atoms with E-state index >= 15 is 0 Å². The summed E-state index contributed by atoms with van der Waals surface area (Å²) in [5, 5.41) is 0.890. The fourth-order valence-electron chi connectivity index (χ4n) is 3.43. The minimum atomic E-state index is -5.22. The predicted octanol–water partition coefficient (Wildman–Crippen LogP) is 3.36. The Kier molecular flexibility index (Phi) is 4.71. The van der Waals surface area contributed by atoms with Crippen LogP contribution in [0.15, 0.2) is 29.4 Å². The van der Waals surface area contributed by atoms with E-state index in [1.54, 1.807) is 18.0 Å². The van der Waals surface area contributed by atoms with Crippen LogP contribution in [-0.2, 0) is 10.0 Å². The summed E-state index contributed by atoms with van der Waals surface area (Å²) in [4.78, 5) is 8.94. The molecule has 3 aromatic heterocycles. The van der Waals surface area contributed by atoms with Gasteiger partial charge in [0, 0.05) is 13.1 Å². The lowest BCUT2D eigenvalue weighted by Crippen LogP contribution is -2.44. The smallest absolute Gasteiger partial charge is 0.275 e. The van der Waals surface area contributed by atoms with E-state index in [9.17, 15) is 21.6 Å². The highest BCUT2D eigenvalue weighted by atomic mass is 32.2. The molecule has 0 aliphatic carbocycles. The van der Waals surface area contributed by atoms with Crippen LogP contribution in [0.5, 0.6) is 0 Å². The molecule has 0 aromatic carbocycles. The third kappa shape index (κ3) is 3.36. The second-order valence-corrected chi connectivity index (χ2v) is 9.58. The molecule has 146 valence electrons. The Morgan fingerprint density at radius 2 is 1.89 bits per heavy atom. The molecule has 1 saturated heterocycles. The van der Waals surface area contributed by atoms with Crippen LogP contribution in [0.1, 0.15) is 19.3 Å². The zero-order valence-electron chi connectivity index (χ0n) is 14.2. The number of aromatic nitrogens is 3. The fraction of sp³-hybridized carbons (Fsp3) is 0.500. The van der Waals surface area contributed by atoms with Crippen molar-refractivity contribution in [2.24, 2.45) is 5.92 Å². The van der Waals surface area contributed by atoms with Gasteiger partial charge in [-0.25, -0.2) is 18.4 Å². The summed E-state index contributed by atoms with van der Waals surface area (Å²) < 4.78 is 63.3. The van der Waals surface area contributed by atoms with E-state index < -0.39 is 15.5 Å². The highest BCUT2D eigenvalue weighted by Crippen LogP contribution is 2.33. The molecular weight excluding hydrogens is 401 g/mol. The third-order valence-electron chi connectivity index (χ3n) is 4.91. The van der Waals surface area contributed by atoms with Crippen LogP contribution in [0.2, 0.25) is 0 Å². The average molecular weight is 418 g/mol. The van der Waals surface area contributed by atoms with Crippen molar-refractivity contribution in [2.45, 2.75) is 29.8 Å². The van der Waals surface area contributed by atoms with Crippen LogP contribution in [-0.4, -0.2) is 51.4 Å². The van der Waals surface area contributed by atoms with Crippen molar-refractivity contribution in [3.63, 3.8) is 0 Å². The molecule has 11 heteroatoms.